The molecule has 186 valence electrons. The van der Waals surface area contributed by atoms with Crippen LogP contribution in [0.5, 0.6) is 0 Å². The molecule has 0 bridgehead atoms. The van der Waals surface area contributed by atoms with Crippen LogP contribution in [-0.2, 0) is 11.3 Å². The quantitative estimate of drug-likeness (QED) is 0.503. The molecule has 1 aliphatic heterocycles. The van der Waals surface area contributed by atoms with Gasteiger partial charge in [-0.05, 0) is 81.3 Å². The van der Waals surface area contributed by atoms with Crippen LogP contribution in [0.3, 0.4) is 0 Å². The van der Waals surface area contributed by atoms with Crippen LogP contribution in [0.1, 0.15) is 29.7 Å². The van der Waals surface area contributed by atoms with Crippen LogP contribution in [-0.4, -0.2) is 59.6 Å². The minimum absolute atomic E-state index is 0.0514. The average Bonchev–Trinajstić information content (AvgIpc) is 2.84. The summed E-state index contributed by atoms with van der Waals surface area (Å²) in [4.78, 5) is 34.3. The van der Waals surface area contributed by atoms with Gasteiger partial charge in [0.25, 0.3) is 5.56 Å². The second-order valence-electron chi connectivity index (χ2n) is 9.34. The molecule has 4 rings (SSSR count). The summed E-state index contributed by atoms with van der Waals surface area (Å²) in [5.74, 6) is -0.264. The molecule has 7 nitrogen and oxygen atoms in total. The molecular weight excluding hydrogens is 445 g/mol. The number of aryl methyl sites for hydroxylation is 4. The highest BCUT2D eigenvalue weighted by Crippen LogP contribution is 2.18. The van der Waals surface area contributed by atoms with Gasteiger partial charge in [0.2, 0.25) is 5.91 Å². The number of rotatable bonds is 8. The summed E-state index contributed by atoms with van der Waals surface area (Å²) in [6.07, 6.45) is 1.12. The minimum Gasteiger partial charge on any atom is -0.369 e. The van der Waals surface area contributed by atoms with Crippen LogP contribution in [0.4, 0.5) is 10.1 Å². The first-order chi connectivity index (χ1) is 16.8. The normalized spacial score (nSPS) is 14.5. The molecule has 1 N–H and O–H groups in total. The van der Waals surface area contributed by atoms with Crippen molar-refractivity contribution in [2.45, 2.75) is 40.2 Å². The van der Waals surface area contributed by atoms with E-state index in [1.54, 1.807) is 11.5 Å². The van der Waals surface area contributed by atoms with Crippen LogP contribution in [0.25, 0.3) is 11.0 Å². The van der Waals surface area contributed by atoms with E-state index >= 15 is 0 Å². The third-order valence-corrected chi connectivity index (χ3v) is 6.82. The fraction of sp³-hybridized carbons (Fsp3) is 0.444. The largest absolute Gasteiger partial charge is 0.369 e. The molecule has 35 heavy (non-hydrogen) atoms. The van der Waals surface area contributed by atoms with Crippen LogP contribution >= 0.6 is 0 Å². The predicted octanol–water partition coefficient (Wildman–Crippen LogP) is 3.18. The molecule has 1 amide bonds. The molecule has 8 heteroatoms. The molecule has 2 heterocycles. The number of halogens is 1. The van der Waals surface area contributed by atoms with Crippen molar-refractivity contribution in [2.75, 3.05) is 44.2 Å². The van der Waals surface area contributed by atoms with Crippen LogP contribution in [0.15, 0.2) is 41.2 Å². The third-order valence-electron chi connectivity index (χ3n) is 6.82. The lowest BCUT2D eigenvalue weighted by Gasteiger charge is -2.36. The standard InChI is InChI=1S/C27H34FN5O2/c1-19-17-24-25(18-20(19)2)33(27(35)21(3)30-24)12-9-26(34)29-10-4-11-31-13-15-32(16-14-31)23-7-5-22(28)6-8-23/h5-8,17-18H,4,9-16H2,1-3H3,(H,29,34). The van der Waals surface area contributed by atoms with Crippen molar-refractivity contribution in [1.82, 2.24) is 19.8 Å². The molecule has 1 saturated heterocycles. The fourth-order valence-electron chi connectivity index (χ4n) is 4.56. The first kappa shape index (κ1) is 24.9. The van der Waals surface area contributed by atoms with E-state index < -0.39 is 0 Å². The van der Waals surface area contributed by atoms with Crippen molar-refractivity contribution in [3.63, 3.8) is 0 Å². The molecule has 0 saturated carbocycles. The van der Waals surface area contributed by atoms with Crippen molar-refractivity contribution in [3.8, 4) is 0 Å². The average molecular weight is 480 g/mol. The SMILES string of the molecule is Cc1cc2nc(C)c(=O)n(CCC(=O)NCCCN3CCN(c4ccc(F)cc4)CC3)c2cc1C. The van der Waals surface area contributed by atoms with Crippen molar-refractivity contribution >= 4 is 22.6 Å². The van der Waals surface area contributed by atoms with Gasteiger partial charge < -0.3 is 14.8 Å². The summed E-state index contributed by atoms with van der Waals surface area (Å²) in [7, 11) is 0. The van der Waals surface area contributed by atoms with Crippen LogP contribution in [0, 0.1) is 26.6 Å². The van der Waals surface area contributed by atoms with Crippen molar-refractivity contribution in [2.24, 2.45) is 0 Å². The number of anilines is 1. The zero-order chi connectivity index (χ0) is 24.9. The smallest absolute Gasteiger partial charge is 0.272 e. The number of benzene rings is 2. The summed E-state index contributed by atoms with van der Waals surface area (Å²) in [6.45, 7) is 11.3. The molecule has 2 aromatic carbocycles. The second kappa shape index (κ2) is 11.0. The highest BCUT2D eigenvalue weighted by atomic mass is 19.1. The zero-order valence-corrected chi connectivity index (χ0v) is 20.8. The maximum absolute atomic E-state index is 13.1. The van der Waals surface area contributed by atoms with Crippen LogP contribution in [0.2, 0.25) is 0 Å². The molecule has 0 aliphatic carbocycles. The van der Waals surface area contributed by atoms with Crippen LogP contribution < -0.4 is 15.8 Å². The lowest BCUT2D eigenvalue weighted by molar-refractivity contribution is -0.121. The number of fused-ring (bicyclic) bond motifs is 1. The number of nitrogens with zero attached hydrogens (tertiary/aromatic N) is 4. The van der Waals surface area contributed by atoms with Gasteiger partial charge in [-0.1, -0.05) is 0 Å². The number of hydrogen-bond acceptors (Lipinski definition) is 5. The first-order valence-electron chi connectivity index (χ1n) is 12.3. The Balaban J connectivity index is 1.21. The predicted molar refractivity (Wildman–Crippen MR) is 138 cm³/mol. The fourth-order valence-corrected chi connectivity index (χ4v) is 4.56. The summed E-state index contributed by atoms with van der Waals surface area (Å²) in [6, 6.07) is 10.6. The zero-order valence-electron chi connectivity index (χ0n) is 20.8. The van der Waals surface area contributed by atoms with Gasteiger partial charge in [0.15, 0.2) is 0 Å². The van der Waals surface area contributed by atoms with Gasteiger partial charge in [-0.2, -0.15) is 0 Å². The number of nitrogens with one attached hydrogen (secondary N) is 1. The van der Waals surface area contributed by atoms with E-state index in [2.05, 4.69) is 20.1 Å². The minimum atomic E-state index is -0.212. The highest BCUT2D eigenvalue weighted by molar-refractivity contribution is 5.78. The molecule has 1 fully saturated rings. The molecule has 0 atom stereocenters. The molecule has 0 spiro atoms. The number of amides is 1. The van der Waals surface area contributed by atoms with Crippen molar-refractivity contribution in [1.29, 1.82) is 0 Å². The van der Waals surface area contributed by atoms with Crippen molar-refractivity contribution in [3.05, 3.63) is 69.4 Å². The molecule has 3 aromatic rings. The van der Waals surface area contributed by atoms with Gasteiger partial charge >= 0.3 is 0 Å². The molecule has 0 radical (unpaired) electrons. The summed E-state index contributed by atoms with van der Waals surface area (Å²) < 4.78 is 14.8. The van der Waals surface area contributed by atoms with Gasteiger partial charge in [-0.3, -0.25) is 14.5 Å². The van der Waals surface area contributed by atoms with Gasteiger partial charge in [0, 0.05) is 51.4 Å². The van der Waals surface area contributed by atoms with E-state index in [1.807, 2.05) is 38.1 Å². The molecular formula is C27H34FN5O2. The monoisotopic (exact) mass is 479 g/mol. The maximum atomic E-state index is 13.1. The van der Waals surface area contributed by atoms with E-state index in [9.17, 15) is 14.0 Å². The number of carbonyl (C=O) groups excluding carboxylic acids is 1. The number of hydrogen-bond donors (Lipinski definition) is 1. The summed E-state index contributed by atoms with van der Waals surface area (Å²) in [5, 5.41) is 2.99. The molecule has 0 unspecified atom stereocenters. The topological polar surface area (TPSA) is 70.5 Å². The summed E-state index contributed by atoms with van der Waals surface area (Å²) in [5.41, 5.74) is 5.14. The van der Waals surface area contributed by atoms with E-state index in [0.29, 0.717) is 18.8 Å². The van der Waals surface area contributed by atoms with E-state index in [0.717, 1.165) is 67.0 Å². The lowest BCUT2D eigenvalue weighted by Crippen LogP contribution is -2.47. The Morgan fingerprint density at radius 1 is 1.00 bits per heavy atom. The van der Waals surface area contributed by atoms with Gasteiger partial charge in [-0.25, -0.2) is 9.37 Å². The first-order valence-corrected chi connectivity index (χ1v) is 12.3. The Bertz CT molecular complexity index is 1250. The van der Waals surface area contributed by atoms with Gasteiger partial charge in [0.1, 0.15) is 11.5 Å². The van der Waals surface area contributed by atoms with Gasteiger partial charge in [-0.15, -0.1) is 0 Å². The Labute approximate surface area is 205 Å². The second-order valence-corrected chi connectivity index (χ2v) is 9.34. The third kappa shape index (κ3) is 6.06. The Hall–Kier alpha value is -3.26. The Morgan fingerprint density at radius 3 is 2.40 bits per heavy atom. The molecule has 1 aromatic heterocycles. The molecule has 1 aliphatic rings. The van der Waals surface area contributed by atoms with Crippen molar-refractivity contribution < 1.29 is 9.18 Å². The number of piperazine rings is 1. The lowest BCUT2D eigenvalue weighted by atomic mass is 10.1. The Morgan fingerprint density at radius 2 is 1.69 bits per heavy atom. The highest BCUT2D eigenvalue weighted by Gasteiger charge is 2.17. The Kier molecular flexibility index (Phi) is 7.80. The van der Waals surface area contributed by atoms with Gasteiger partial charge in [0.05, 0.1) is 11.0 Å². The van der Waals surface area contributed by atoms with E-state index in [-0.39, 0.29) is 23.7 Å². The number of carbonyl (C=O) groups is 1. The summed E-state index contributed by atoms with van der Waals surface area (Å²) >= 11 is 0. The number of aromatic nitrogens is 2. The van der Waals surface area contributed by atoms with E-state index in [1.165, 1.54) is 12.1 Å². The van der Waals surface area contributed by atoms with E-state index in [4.69, 9.17) is 0 Å². The maximum Gasteiger partial charge on any atom is 0.272 e.